The SMILES string of the molecule is ClP(C1=CCCC=C1)C1C=CC=CC1. The van der Waals surface area contributed by atoms with Gasteiger partial charge in [-0.15, -0.1) is 0 Å². The van der Waals surface area contributed by atoms with Crippen LogP contribution < -0.4 is 0 Å². The summed E-state index contributed by atoms with van der Waals surface area (Å²) >= 11 is 6.50. The van der Waals surface area contributed by atoms with Crippen LogP contribution in [-0.2, 0) is 0 Å². The highest BCUT2D eigenvalue weighted by Crippen LogP contribution is 2.57. The van der Waals surface area contributed by atoms with Gasteiger partial charge in [0, 0.05) is 12.9 Å². The Bertz CT molecular complexity index is 312. The third-order valence-electron chi connectivity index (χ3n) is 2.47. The second-order valence-electron chi connectivity index (χ2n) is 3.54. The van der Waals surface area contributed by atoms with Crippen molar-refractivity contribution < 1.29 is 0 Å². The summed E-state index contributed by atoms with van der Waals surface area (Å²) in [4.78, 5) is 0. The Hall–Kier alpha value is -0.320. The van der Waals surface area contributed by atoms with E-state index in [1.807, 2.05) is 0 Å². The lowest BCUT2D eigenvalue weighted by molar-refractivity contribution is 1.02. The van der Waals surface area contributed by atoms with Gasteiger partial charge >= 0.3 is 0 Å². The summed E-state index contributed by atoms with van der Waals surface area (Å²) in [6.45, 7) is 0. The molecule has 2 unspecified atom stereocenters. The lowest BCUT2D eigenvalue weighted by atomic mass is 10.2. The van der Waals surface area contributed by atoms with Crippen LogP contribution in [0.15, 0.2) is 47.8 Å². The lowest BCUT2D eigenvalue weighted by Gasteiger charge is -2.21. The van der Waals surface area contributed by atoms with E-state index in [0.29, 0.717) is 5.66 Å². The fraction of sp³-hybridized carbons (Fsp3) is 0.333. The molecule has 0 spiro atoms. The lowest BCUT2D eigenvalue weighted by Crippen LogP contribution is -2.01. The second-order valence-corrected chi connectivity index (χ2v) is 6.43. The second kappa shape index (κ2) is 4.96. The molecule has 0 aliphatic heterocycles. The average molecular weight is 225 g/mol. The monoisotopic (exact) mass is 224 g/mol. The largest absolute Gasteiger partial charge is 0.0905 e. The molecule has 0 aromatic carbocycles. The molecule has 2 atom stereocenters. The Balaban J connectivity index is 2.04. The Morgan fingerprint density at radius 1 is 1.21 bits per heavy atom. The van der Waals surface area contributed by atoms with E-state index in [1.54, 1.807) is 0 Å². The molecule has 0 nitrogen and oxygen atoms in total. The van der Waals surface area contributed by atoms with Gasteiger partial charge in [-0.05, 0) is 24.6 Å². The number of hydrogen-bond acceptors (Lipinski definition) is 0. The summed E-state index contributed by atoms with van der Waals surface area (Å²) in [5.74, 6) is 0. The first-order valence-corrected chi connectivity index (χ1v) is 7.34. The van der Waals surface area contributed by atoms with Crippen LogP contribution in [0, 0.1) is 0 Å². The third kappa shape index (κ3) is 2.38. The van der Waals surface area contributed by atoms with Crippen molar-refractivity contribution in [3.63, 3.8) is 0 Å². The first-order chi connectivity index (χ1) is 6.88. The molecule has 0 saturated heterocycles. The number of allylic oxidation sites excluding steroid dienone is 8. The van der Waals surface area contributed by atoms with E-state index < -0.39 is 7.27 Å². The summed E-state index contributed by atoms with van der Waals surface area (Å²) in [5.41, 5.74) is 0.533. The van der Waals surface area contributed by atoms with Crippen LogP contribution in [0.4, 0.5) is 0 Å². The fourth-order valence-electron chi connectivity index (χ4n) is 1.69. The molecule has 2 rings (SSSR count). The van der Waals surface area contributed by atoms with Crippen LogP contribution >= 0.6 is 18.5 Å². The van der Waals surface area contributed by atoms with Crippen molar-refractivity contribution in [1.29, 1.82) is 0 Å². The third-order valence-corrected chi connectivity index (χ3v) is 5.60. The Morgan fingerprint density at radius 3 is 2.79 bits per heavy atom. The van der Waals surface area contributed by atoms with E-state index in [1.165, 1.54) is 11.7 Å². The van der Waals surface area contributed by atoms with E-state index >= 15 is 0 Å². The molecule has 2 aliphatic carbocycles. The van der Waals surface area contributed by atoms with Crippen molar-refractivity contribution in [3.8, 4) is 0 Å². The molecule has 0 aromatic heterocycles. The Labute approximate surface area is 91.6 Å². The molecule has 0 aromatic rings. The van der Waals surface area contributed by atoms with Crippen LogP contribution in [0.1, 0.15) is 19.3 Å². The number of halogens is 1. The van der Waals surface area contributed by atoms with Crippen molar-refractivity contribution in [2.45, 2.75) is 24.9 Å². The van der Waals surface area contributed by atoms with Gasteiger partial charge in [-0.3, -0.25) is 0 Å². The molecule has 0 heterocycles. The zero-order valence-corrected chi connectivity index (χ0v) is 9.72. The van der Waals surface area contributed by atoms with Gasteiger partial charge in [0.15, 0.2) is 0 Å². The quantitative estimate of drug-likeness (QED) is 0.595. The molecule has 0 amide bonds. The molecule has 0 radical (unpaired) electrons. The van der Waals surface area contributed by atoms with E-state index in [4.69, 9.17) is 11.2 Å². The predicted molar refractivity (Wildman–Crippen MR) is 65.9 cm³/mol. The maximum absolute atomic E-state index is 6.50. The summed E-state index contributed by atoms with van der Waals surface area (Å²) in [7, 11) is -0.508. The molecule has 2 aliphatic rings. The summed E-state index contributed by atoms with van der Waals surface area (Å²) in [5, 5.41) is 1.36. The minimum Gasteiger partial charge on any atom is -0.0905 e. The Kier molecular flexibility index (Phi) is 3.61. The Morgan fingerprint density at radius 2 is 2.14 bits per heavy atom. The van der Waals surface area contributed by atoms with Crippen LogP contribution in [-0.4, -0.2) is 5.66 Å². The van der Waals surface area contributed by atoms with Crippen molar-refractivity contribution in [2.24, 2.45) is 0 Å². The van der Waals surface area contributed by atoms with Gasteiger partial charge in [-0.1, -0.05) is 53.8 Å². The zero-order chi connectivity index (χ0) is 9.80. The van der Waals surface area contributed by atoms with Crippen molar-refractivity contribution in [3.05, 3.63) is 47.8 Å². The van der Waals surface area contributed by atoms with Gasteiger partial charge in [-0.25, -0.2) is 0 Å². The number of hydrogen-bond donors (Lipinski definition) is 0. The standard InChI is InChI=1S/C12H14ClP/c13-14(11-7-3-1-4-8-11)12-9-5-2-6-10-12/h1,3-5,7,9-11H,2,6,8H2. The van der Waals surface area contributed by atoms with Crippen LogP contribution in [0.25, 0.3) is 0 Å². The van der Waals surface area contributed by atoms with Gasteiger partial charge in [0.05, 0.1) is 0 Å². The highest BCUT2D eigenvalue weighted by molar-refractivity contribution is 7.88. The fourth-order valence-corrected chi connectivity index (χ4v) is 3.99. The molecule has 0 bridgehead atoms. The van der Waals surface area contributed by atoms with Crippen LogP contribution in [0.2, 0.25) is 0 Å². The normalized spacial score (nSPS) is 27.5. The average Bonchev–Trinajstić information content (AvgIpc) is 2.30. The summed E-state index contributed by atoms with van der Waals surface area (Å²) in [6.07, 6.45) is 18.8. The molecule has 74 valence electrons. The number of rotatable bonds is 2. The van der Waals surface area contributed by atoms with E-state index in [0.717, 1.165) is 12.8 Å². The van der Waals surface area contributed by atoms with Gasteiger partial charge in [0.25, 0.3) is 0 Å². The van der Waals surface area contributed by atoms with Gasteiger partial charge in [0.1, 0.15) is 0 Å². The zero-order valence-electron chi connectivity index (χ0n) is 8.07. The topological polar surface area (TPSA) is 0 Å². The van der Waals surface area contributed by atoms with Crippen LogP contribution in [0.5, 0.6) is 0 Å². The van der Waals surface area contributed by atoms with E-state index in [-0.39, 0.29) is 0 Å². The first kappa shape index (κ1) is 10.2. The first-order valence-electron chi connectivity index (χ1n) is 5.03. The minimum absolute atomic E-state index is 0.508. The molecular formula is C12H14ClP. The van der Waals surface area contributed by atoms with Crippen molar-refractivity contribution in [2.75, 3.05) is 0 Å². The molecule has 2 heteroatoms. The van der Waals surface area contributed by atoms with E-state index in [9.17, 15) is 0 Å². The van der Waals surface area contributed by atoms with Gasteiger partial charge in [0.2, 0.25) is 0 Å². The summed E-state index contributed by atoms with van der Waals surface area (Å²) in [6, 6.07) is 0. The highest BCUT2D eigenvalue weighted by atomic mass is 35.7. The molecule has 14 heavy (non-hydrogen) atoms. The van der Waals surface area contributed by atoms with Crippen molar-refractivity contribution >= 4 is 18.5 Å². The van der Waals surface area contributed by atoms with E-state index in [2.05, 4.69) is 42.5 Å². The van der Waals surface area contributed by atoms with Crippen LogP contribution in [0.3, 0.4) is 0 Å². The molecule has 0 fully saturated rings. The molecular weight excluding hydrogens is 211 g/mol. The smallest absolute Gasteiger partial charge is 0.0283 e. The predicted octanol–water partition coefficient (Wildman–Crippen LogP) is 4.74. The van der Waals surface area contributed by atoms with Gasteiger partial charge in [-0.2, -0.15) is 0 Å². The minimum atomic E-state index is -0.508. The van der Waals surface area contributed by atoms with Crippen molar-refractivity contribution in [1.82, 2.24) is 0 Å². The van der Waals surface area contributed by atoms with Gasteiger partial charge < -0.3 is 0 Å². The highest BCUT2D eigenvalue weighted by Gasteiger charge is 2.19. The maximum atomic E-state index is 6.50. The molecule has 0 saturated carbocycles. The summed E-state index contributed by atoms with van der Waals surface area (Å²) < 4.78 is 0. The molecule has 0 N–H and O–H groups in total. The maximum Gasteiger partial charge on any atom is 0.0283 e.